The molecule has 0 radical (unpaired) electrons. The Labute approximate surface area is 95.8 Å². The molecule has 1 aromatic rings. The number of carbonyl (C=O) groups excluding carboxylic acids is 1. The van der Waals surface area contributed by atoms with E-state index in [0.717, 1.165) is 6.07 Å². The van der Waals surface area contributed by atoms with Gasteiger partial charge in [-0.2, -0.15) is 13.2 Å². The molecule has 92 valence electrons. The zero-order valence-corrected chi connectivity index (χ0v) is 9.23. The summed E-state index contributed by atoms with van der Waals surface area (Å²) < 4.78 is 50.1. The minimum Gasteiger partial charge on any atom is -0.295 e. The van der Waals surface area contributed by atoms with Gasteiger partial charge >= 0.3 is 6.18 Å². The smallest absolute Gasteiger partial charge is 0.295 e. The molecule has 17 heavy (non-hydrogen) atoms. The second-order valence-corrected chi connectivity index (χ2v) is 3.62. The highest BCUT2D eigenvalue weighted by atomic mass is 19.4. The number of Topliss-reactive ketones (excluding diaryl/α,β-unsaturated/α-hetero) is 1. The molecule has 0 fully saturated rings. The first-order valence-electron chi connectivity index (χ1n) is 4.78. The standard InChI is InChI=1S/C12H10F4O/c1-7(8(2)17)5-9-3-4-11(13)10(6-9)12(14,15)16/h3-6H,1-2H3/b7-5+. The Hall–Kier alpha value is -1.65. The van der Waals surface area contributed by atoms with Crippen molar-refractivity contribution in [2.75, 3.05) is 0 Å². The molecule has 0 heterocycles. The van der Waals surface area contributed by atoms with Crippen molar-refractivity contribution < 1.29 is 22.4 Å². The number of hydrogen-bond acceptors (Lipinski definition) is 1. The molecule has 0 atom stereocenters. The van der Waals surface area contributed by atoms with Crippen LogP contribution in [0.25, 0.3) is 6.08 Å². The minimum atomic E-state index is -4.74. The van der Waals surface area contributed by atoms with E-state index in [1.54, 1.807) is 0 Å². The molecule has 1 nitrogen and oxygen atoms in total. The molecule has 0 aliphatic carbocycles. The molecule has 0 aliphatic rings. The third-order valence-electron chi connectivity index (χ3n) is 2.23. The van der Waals surface area contributed by atoms with Crippen LogP contribution in [0.1, 0.15) is 25.0 Å². The van der Waals surface area contributed by atoms with Crippen LogP contribution < -0.4 is 0 Å². The van der Waals surface area contributed by atoms with Gasteiger partial charge in [0.2, 0.25) is 0 Å². The molecule has 1 rings (SSSR count). The van der Waals surface area contributed by atoms with Crippen molar-refractivity contribution in [2.24, 2.45) is 0 Å². The average molecular weight is 246 g/mol. The van der Waals surface area contributed by atoms with Crippen molar-refractivity contribution in [1.82, 2.24) is 0 Å². The fraction of sp³-hybridized carbons (Fsp3) is 0.250. The first-order valence-corrected chi connectivity index (χ1v) is 4.78. The molecule has 0 unspecified atom stereocenters. The van der Waals surface area contributed by atoms with Crippen molar-refractivity contribution in [1.29, 1.82) is 0 Å². The number of alkyl halides is 3. The zero-order chi connectivity index (χ0) is 13.2. The second-order valence-electron chi connectivity index (χ2n) is 3.62. The van der Waals surface area contributed by atoms with Crippen LogP contribution in [0.15, 0.2) is 23.8 Å². The molecular weight excluding hydrogens is 236 g/mol. The third-order valence-corrected chi connectivity index (χ3v) is 2.23. The van der Waals surface area contributed by atoms with Gasteiger partial charge in [0.15, 0.2) is 5.78 Å². The number of ketones is 1. The van der Waals surface area contributed by atoms with Crippen LogP contribution in [0.5, 0.6) is 0 Å². The highest BCUT2D eigenvalue weighted by Crippen LogP contribution is 2.32. The maximum Gasteiger partial charge on any atom is 0.419 e. The molecule has 0 aromatic heterocycles. The van der Waals surface area contributed by atoms with Gasteiger partial charge in [-0.3, -0.25) is 4.79 Å². The summed E-state index contributed by atoms with van der Waals surface area (Å²) in [5.41, 5.74) is -0.876. The molecule has 0 saturated carbocycles. The lowest BCUT2D eigenvalue weighted by Crippen LogP contribution is -2.08. The van der Waals surface area contributed by atoms with E-state index in [2.05, 4.69) is 0 Å². The van der Waals surface area contributed by atoms with Crippen LogP contribution in [-0.2, 0) is 11.0 Å². The maximum atomic E-state index is 13.0. The summed E-state index contributed by atoms with van der Waals surface area (Å²) in [6, 6.07) is 2.61. The van der Waals surface area contributed by atoms with E-state index >= 15 is 0 Å². The summed E-state index contributed by atoms with van der Waals surface area (Å²) in [5.74, 6) is -1.57. The van der Waals surface area contributed by atoms with Crippen LogP contribution >= 0.6 is 0 Å². The molecule has 0 amide bonds. The predicted molar refractivity (Wildman–Crippen MR) is 55.7 cm³/mol. The molecule has 0 N–H and O–H groups in total. The number of rotatable bonds is 2. The Morgan fingerprint density at radius 2 is 1.82 bits per heavy atom. The van der Waals surface area contributed by atoms with Gasteiger partial charge in [0.05, 0.1) is 5.56 Å². The molecule has 1 aromatic carbocycles. The van der Waals surface area contributed by atoms with Crippen LogP contribution in [0.4, 0.5) is 17.6 Å². The van der Waals surface area contributed by atoms with Gasteiger partial charge in [-0.05, 0) is 43.2 Å². The van der Waals surface area contributed by atoms with Gasteiger partial charge in [-0.1, -0.05) is 6.07 Å². The van der Waals surface area contributed by atoms with Crippen LogP contribution in [0.2, 0.25) is 0 Å². The van der Waals surface area contributed by atoms with Gasteiger partial charge in [0.25, 0.3) is 0 Å². The van der Waals surface area contributed by atoms with E-state index in [1.807, 2.05) is 0 Å². The Balaban J connectivity index is 3.23. The lowest BCUT2D eigenvalue weighted by Gasteiger charge is -2.08. The Kier molecular flexibility index (Phi) is 3.70. The molecule has 0 aliphatic heterocycles. The van der Waals surface area contributed by atoms with Gasteiger partial charge in [0, 0.05) is 0 Å². The topological polar surface area (TPSA) is 17.1 Å². The number of halogens is 4. The van der Waals surface area contributed by atoms with Gasteiger partial charge in [-0.25, -0.2) is 4.39 Å². The second kappa shape index (κ2) is 4.69. The molecule has 0 bridgehead atoms. The van der Waals surface area contributed by atoms with E-state index in [-0.39, 0.29) is 11.3 Å². The number of allylic oxidation sites excluding steroid dienone is 1. The summed E-state index contributed by atoms with van der Waals surface area (Å²) in [6.07, 6.45) is -3.45. The highest BCUT2D eigenvalue weighted by molar-refractivity contribution is 5.97. The van der Waals surface area contributed by atoms with Gasteiger partial charge in [0.1, 0.15) is 5.82 Å². The Morgan fingerprint density at radius 3 is 2.29 bits per heavy atom. The molecular formula is C12H10F4O. The zero-order valence-electron chi connectivity index (χ0n) is 9.23. The Bertz CT molecular complexity index is 472. The number of carbonyl (C=O) groups is 1. The van der Waals surface area contributed by atoms with Crippen molar-refractivity contribution in [3.8, 4) is 0 Å². The lowest BCUT2D eigenvalue weighted by atomic mass is 10.1. The summed E-state index contributed by atoms with van der Waals surface area (Å²) in [7, 11) is 0. The summed E-state index contributed by atoms with van der Waals surface area (Å²) >= 11 is 0. The SMILES string of the molecule is CC(=O)/C(C)=C/c1ccc(F)c(C(F)(F)F)c1. The number of hydrogen-bond donors (Lipinski definition) is 0. The third kappa shape index (κ3) is 3.41. The van der Waals surface area contributed by atoms with Crippen molar-refractivity contribution >= 4 is 11.9 Å². The monoisotopic (exact) mass is 246 g/mol. The van der Waals surface area contributed by atoms with Crippen molar-refractivity contribution in [2.45, 2.75) is 20.0 Å². The van der Waals surface area contributed by atoms with E-state index in [4.69, 9.17) is 0 Å². The van der Waals surface area contributed by atoms with E-state index < -0.39 is 17.6 Å². The first-order chi connectivity index (χ1) is 7.71. The maximum absolute atomic E-state index is 13.0. The van der Waals surface area contributed by atoms with Gasteiger partial charge < -0.3 is 0 Å². The van der Waals surface area contributed by atoms with E-state index in [0.29, 0.717) is 11.6 Å². The predicted octanol–water partition coefficient (Wildman–Crippen LogP) is 3.84. The molecule has 5 heteroatoms. The normalized spacial score (nSPS) is 12.7. The summed E-state index contributed by atoms with van der Waals surface area (Å²) in [6.45, 7) is 2.79. The van der Waals surface area contributed by atoms with Gasteiger partial charge in [-0.15, -0.1) is 0 Å². The minimum absolute atomic E-state index is 0.145. The average Bonchev–Trinajstić information content (AvgIpc) is 2.19. The Morgan fingerprint density at radius 1 is 1.24 bits per heavy atom. The first kappa shape index (κ1) is 13.4. The fourth-order valence-electron chi connectivity index (χ4n) is 1.20. The van der Waals surface area contributed by atoms with Crippen LogP contribution in [-0.4, -0.2) is 5.78 Å². The summed E-state index contributed by atoms with van der Waals surface area (Å²) in [5, 5.41) is 0. The highest BCUT2D eigenvalue weighted by Gasteiger charge is 2.34. The van der Waals surface area contributed by atoms with Crippen LogP contribution in [0.3, 0.4) is 0 Å². The largest absolute Gasteiger partial charge is 0.419 e. The van der Waals surface area contributed by atoms with Crippen molar-refractivity contribution in [3.05, 3.63) is 40.7 Å². The molecule has 0 spiro atoms. The lowest BCUT2D eigenvalue weighted by molar-refractivity contribution is -0.140. The van der Waals surface area contributed by atoms with E-state index in [1.165, 1.54) is 26.0 Å². The molecule has 0 saturated heterocycles. The van der Waals surface area contributed by atoms with Crippen LogP contribution in [0, 0.1) is 5.82 Å². The fourth-order valence-corrected chi connectivity index (χ4v) is 1.20. The quantitative estimate of drug-likeness (QED) is 0.572. The van der Waals surface area contributed by atoms with Crippen molar-refractivity contribution in [3.63, 3.8) is 0 Å². The number of benzene rings is 1. The summed E-state index contributed by atoms with van der Waals surface area (Å²) in [4.78, 5) is 10.9. The van der Waals surface area contributed by atoms with E-state index in [9.17, 15) is 22.4 Å².